The summed E-state index contributed by atoms with van der Waals surface area (Å²) in [5.41, 5.74) is 0.470. The minimum atomic E-state index is 0.00346. The number of rotatable bonds is 4. The van der Waals surface area contributed by atoms with Crippen molar-refractivity contribution in [2.45, 2.75) is 31.7 Å². The minimum absolute atomic E-state index is 0.00346. The predicted molar refractivity (Wildman–Crippen MR) is 73.3 cm³/mol. The molecule has 1 unspecified atom stereocenters. The van der Waals surface area contributed by atoms with Crippen molar-refractivity contribution in [2.24, 2.45) is 0 Å². The largest absolute Gasteiger partial charge is 0.334 e. The first-order chi connectivity index (χ1) is 8.72. The summed E-state index contributed by atoms with van der Waals surface area (Å²) >= 11 is 11.5. The van der Waals surface area contributed by atoms with E-state index in [9.17, 15) is 4.79 Å². The average molecular weight is 287 g/mol. The molecule has 18 heavy (non-hydrogen) atoms. The van der Waals surface area contributed by atoms with Crippen LogP contribution < -0.4 is 0 Å². The Morgan fingerprint density at radius 3 is 3.00 bits per heavy atom. The van der Waals surface area contributed by atoms with Crippen molar-refractivity contribution in [3.8, 4) is 0 Å². The van der Waals surface area contributed by atoms with Gasteiger partial charge in [0.1, 0.15) is 5.69 Å². The van der Waals surface area contributed by atoms with Gasteiger partial charge >= 0.3 is 0 Å². The van der Waals surface area contributed by atoms with Crippen LogP contribution in [0.4, 0.5) is 0 Å². The number of carbonyl (C=O) groups is 1. The Hall–Kier alpha value is -0.800. The van der Waals surface area contributed by atoms with Gasteiger partial charge < -0.3 is 4.90 Å². The van der Waals surface area contributed by atoms with E-state index in [1.54, 1.807) is 12.1 Å². The fraction of sp³-hybridized carbons (Fsp3) is 0.538. The maximum Gasteiger partial charge on any atom is 0.272 e. The number of halogens is 2. The molecule has 0 aromatic carbocycles. The summed E-state index contributed by atoms with van der Waals surface area (Å²) in [5.74, 6) is 0.654. The topological polar surface area (TPSA) is 33.2 Å². The van der Waals surface area contributed by atoms with Crippen molar-refractivity contribution in [1.29, 1.82) is 0 Å². The predicted octanol–water partition coefficient (Wildman–Crippen LogP) is 3.36. The van der Waals surface area contributed by atoms with E-state index in [1.807, 2.05) is 4.90 Å². The molecule has 0 N–H and O–H groups in total. The molecule has 0 saturated carbocycles. The van der Waals surface area contributed by atoms with Crippen LogP contribution in [0.2, 0.25) is 5.02 Å². The van der Waals surface area contributed by atoms with Crippen LogP contribution in [-0.4, -0.2) is 34.3 Å². The first kappa shape index (κ1) is 13.6. The molecule has 0 aliphatic carbocycles. The van der Waals surface area contributed by atoms with Gasteiger partial charge in [0, 0.05) is 24.7 Å². The van der Waals surface area contributed by atoms with Crippen molar-refractivity contribution in [3.63, 3.8) is 0 Å². The molecule has 0 radical (unpaired) electrons. The first-order valence-corrected chi connectivity index (χ1v) is 7.12. The lowest BCUT2D eigenvalue weighted by Gasteiger charge is -2.24. The number of likely N-dealkylation sites (tertiary alicyclic amines) is 1. The van der Waals surface area contributed by atoms with Gasteiger partial charge in [0.25, 0.3) is 5.91 Å². The van der Waals surface area contributed by atoms with Gasteiger partial charge in [0.15, 0.2) is 0 Å². The molecule has 3 nitrogen and oxygen atoms in total. The molecule has 1 aromatic rings. The van der Waals surface area contributed by atoms with E-state index in [0.29, 0.717) is 22.6 Å². The maximum absolute atomic E-state index is 12.3. The summed E-state index contributed by atoms with van der Waals surface area (Å²) in [4.78, 5) is 18.3. The molecule has 2 heterocycles. The van der Waals surface area contributed by atoms with Crippen LogP contribution >= 0.6 is 23.2 Å². The van der Waals surface area contributed by atoms with Gasteiger partial charge in [-0.15, -0.1) is 11.6 Å². The fourth-order valence-corrected chi connectivity index (χ4v) is 2.63. The van der Waals surface area contributed by atoms with E-state index in [-0.39, 0.29) is 5.91 Å². The van der Waals surface area contributed by atoms with E-state index < -0.39 is 0 Å². The van der Waals surface area contributed by atoms with Gasteiger partial charge in [0.2, 0.25) is 0 Å². The van der Waals surface area contributed by atoms with Crippen molar-refractivity contribution < 1.29 is 4.79 Å². The third-order valence-electron chi connectivity index (χ3n) is 3.26. The zero-order valence-electron chi connectivity index (χ0n) is 10.1. The van der Waals surface area contributed by atoms with Gasteiger partial charge in [0.05, 0.1) is 5.02 Å². The highest BCUT2D eigenvalue weighted by Gasteiger charge is 2.29. The Labute approximate surface area is 117 Å². The number of alkyl halides is 1. The molecular weight excluding hydrogens is 271 g/mol. The van der Waals surface area contributed by atoms with E-state index in [4.69, 9.17) is 23.2 Å². The third kappa shape index (κ3) is 3.15. The minimum Gasteiger partial charge on any atom is -0.334 e. The molecule has 1 aromatic heterocycles. The second kappa shape index (κ2) is 6.39. The van der Waals surface area contributed by atoms with Crippen LogP contribution in [0.15, 0.2) is 18.3 Å². The number of amides is 1. The molecule has 1 saturated heterocycles. The number of nitrogens with zero attached hydrogens (tertiary/aromatic N) is 2. The van der Waals surface area contributed by atoms with Crippen LogP contribution in [0.3, 0.4) is 0 Å². The van der Waals surface area contributed by atoms with Crippen LogP contribution in [0.1, 0.15) is 36.2 Å². The molecule has 1 fully saturated rings. The van der Waals surface area contributed by atoms with Crippen LogP contribution in [-0.2, 0) is 0 Å². The lowest BCUT2D eigenvalue weighted by atomic mass is 10.1. The van der Waals surface area contributed by atoms with E-state index in [1.165, 1.54) is 6.20 Å². The Bertz CT molecular complexity index is 408. The Morgan fingerprint density at radius 2 is 2.33 bits per heavy atom. The fourth-order valence-electron chi connectivity index (χ4n) is 2.37. The highest BCUT2D eigenvalue weighted by atomic mass is 35.5. The molecule has 1 aliphatic rings. The van der Waals surface area contributed by atoms with E-state index >= 15 is 0 Å². The van der Waals surface area contributed by atoms with Crippen molar-refractivity contribution in [2.75, 3.05) is 12.4 Å². The molecule has 2 rings (SSSR count). The summed E-state index contributed by atoms with van der Waals surface area (Å²) in [6, 6.07) is 3.70. The summed E-state index contributed by atoms with van der Waals surface area (Å²) in [6.07, 6.45) is 5.56. The van der Waals surface area contributed by atoms with Crippen molar-refractivity contribution in [1.82, 2.24) is 9.88 Å². The Balaban J connectivity index is 2.05. The SMILES string of the molecule is O=C(c1ccc(Cl)cn1)N1CCCC1CCCCl. The summed E-state index contributed by atoms with van der Waals surface area (Å²) < 4.78 is 0. The molecule has 1 atom stereocenters. The molecule has 0 bridgehead atoms. The smallest absolute Gasteiger partial charge is 0.272 e. The number of aromatic nitrogens is 1. The molecule has 5 heteroatoms. The van der Waals surface area contributed by atoms with E-state index in [0.717, 1.165) is 32.2 Å². The summed E-state index contributed by atoms with van der Waals surface area (Å²) in [6.45, 7) is 0.816. The normalized spacial score (nSPS) is 19.2. The molecule has 98 valence electrons. The summed E-state index contributed by atoms with van der Waals surface area (Å²) in [5, 5.41) is 0.548. The molecular formula is C13H16Cl2N2O. The van der Waals surface area contributed by atoms with Gasteiger partial charge in [-0.25, -0.2) is 4.98 Å². The second-order valence-electron chi connectivity index (χ2n) is 4.49. The first-order valence-electron chi connectivity index (χ1n) is 6.21. The average Bonchev–Trinajstić information content (AvgIpc) is 2.84. The lowest BCUT2D eigenvalue weighted by molar-refractivity contribution is 0.0724. The van der Waals surface area contributed by atoms with Crippen LogP contribution in [0.25, 0.3) is 0 Å². The number of pyridine rings is 1. The van der Waals surface area contributed by atoms with Gasteiger partial charge in [-0.3, -0.25) is 4.79 Å². The Morgan fingerprint density at radius 1 is 1.50 bits per heavy atom. The van der Waals surface area contributed by atoms with Crippen LogP contribution in [0.5, 0.6) is 0 Å². The number of carbonyl (C=O) groups excluding carboxylic acids is 1. The maximum atomic E-state index is 12.3. The Kier molecular flexibility index (Phi) is 4.84. The molecule has 0 spiro atoms. The van der Waals surface area contributed by atoms with Crippen LogP contribution in [0, 0.1) is 0 Å². The number of hydrogen-bond donors (Lipinski definition) is 0. The molecule has 1 amide bonds. The quantitative estimate of drug-likeness (QED) is 0.796. The zero-order chi connectivity index (χ0) is 13.0. The van der Waals surface area contributed by atoms with Crippen molar-refractivity contribution in [3.05, 3.63) is 29.0 Å². The second-order valence-corrected chi connectivity index (χ2v) is 5.30. The monoisotopic (exact) mass is 286 g/mol. The molecule has 1 aliphatic heterocycles. The number of hydrogen-bond acceptors (Lipinski definition) is 2. The lowest BCUT2D eigenvalue weighted by Crippen LogP contribution is -2.36. The summed E-state index contributed by atoms with van der Waals surface area (Å²) in [7, 11) is 0. The zero-order valence-corrected chi connectivity index (χ0v) is 11.6. The third-order valence-corrected chi connectivity index (χ3v) is 3.75. The van der Waals surface area contributed by atoms with Gasteiger partial charge in [-0.2, -0.15) is 0 Å². The highest BCUT2D eigenvalue weighted by molar-refractivity contribution is 6.30. The van der Waals surface area contributed by atoms with E-state index in [2.05, 4.69) is 4.98 Å². The standard InChI is InChI=1S/C13H16Cl2N2O/c14-7-1-3-11-4-2-8-17(11)13(18)12-6-5-10(15)9-16-12/h5-6,9,11H,1-4,7-8H2. The van der Waals surface area contributed by atoms with Gasteiger partial charge in [-0.05, 0) is 37.8 Å². The van der Waals surface area contributed by atoms with Gasteiger partial charge in [-0.1, -0.05) is 11.6 Å². The van der Waals surface area contributed by atoms with Crippen molar-refractivity contribution >= 4 is 29.1 Å². The highest BCUT2D eigenvalue weighted by Crippen LogP contribution is 2.23.